The molecule has 1 aliphatic rings. The maximum atomic E-state index is 12.4. The molecule has 0 spiro atoms. The number of sulfonamides is 1. The zero-order valence-corrected chi connectivity index (χ0v) is 14.6. The first kappa shape index (κ1) is 16.9. The van der Waals surface area contributed by atoms with Crippen LogP contribution in [-0.2, 0) is 10.0 Å². The average Bonchev–Trinajstić information content (AvgIpc) is 2.63. The Hall–Kier alpha value is -1.91. The third-order valence-corrected chi connectivity index (χ3v) is 5.87. The Kier molecular flexibility index (Phi) is 5.48. The van der Waals surface area contributed by atoms with Crippen molar-refractivity contribution >= 4 is 10.0 Å². The van der Waals surface area contributed by atoms with E-state index in [1.165, 1.54) is 18.4 Å². The molecule has 0 radical (unpaired) electrons. The second-order valence-corrected chi connectivity index (χ2v) is 7.91. The van der Waals surface area contributed by atoms with E-state index in [0.29, 0.717) is 11.4 Å². The van der Waals surface area contributed by atoms with Gasteiger partial charge in [-0.1, -0.05) is 54.1 Å². The Balaban J connectivity index is 1.63. The highest BCUT2D eigenvalue weighted by molar-refractivity contribution is 7.89. The molecule has 2 aromatic carbocycles. The molecule has 1 N–H and O–H groups in total. The predicted octanol–water partition coefficient (Wildman–Crippen LogP) is 4.52. The molecule has 126 valence electrons. The van der Waals surface area contributed by atoms with Gasteiger partial charge in [-0.3, -0.25) is 0 Å². The molecule has 2 aromatic rings. The van der Waals surface area contributed by atoms with Crippen LogP contribution in [0.25, 0.3) is 11.1 Å². The fourth-order valence-electron chi connectivity index (χ4n) is 3.02. The van der Waals surface area contributed by atoms with E-state index in [1.54, 1.807) is 12.1 Å². The van der Waals surface area contributed by atoms with Crippen molar-refractivity contribution < 1.29 is 8.42 Å². The summed E-state index contributed by atoms with van der Waals surface area (Å²) in [6, 6.07) is 17.0. The van der Waals surface area contributed by atoms with Crippen LogP contribution in [0.2, 0.25) is 0 Å². The van der Waals surface area contributed by atoms with Gasteiger partial charge in [0.1, 0.15) is 0 Å². The molecule has 3 rings (SSSR count). The molecular formula is C20H23NO2S. The lowest BCUT2D eigenvalue weighted by molar-refractivity contribution is 0.579. The highest BCUT2D eigenvalue weighted by atomic mass is 32.2. The van der Waals surface area contributed by atoms with Crippen molar-refractivity contribution in [3.63, 3.8) is 0 Å². The SMILES string of the molecule is O=S(=O)(NCCC1=CCCCC1)c1ccc(-c2ccccc2)cc1. The first-order valence-electron chi connectivity index (χ1n) is 8.48. The van der Waals surface area contributed by atoms with E-state index in [9.17, 15) is 8.42 Å². The van der Waals surface area contributed by atoms with Gasteiger partial charge in [0.25, 0.3) is 0 Å². The van der Waals surface area contributed by atoms with Crippen LogP contribution >= 0.6 is 0 Å². The minimum Gasteiger partial charge on any atom is -0.211 e. The van der Waals surface area contributed by atoms with Gasteiger partial charge in [0.2, 0.25) is 10.0 Å². The first-order valence-corrected chi connectivity index (χ1v) is 9.96. The molecule has 0 saturated heterocycles. The quantitative estimate of drug-likeness (QED) is 0.785. The van der Waals surface area contributed by atoms with Crippen LogP contribution in [0, 0.1) is 0 Å². The molecule has 3 nitrogen and oxygen atoms in total. The summed E-state index contributed by atoms with van der Waals surface area (Å²) in [5.74, 6) is 0. The molecule has 0 amide bonds. The largest absolute Gasteiger partial charge is 0.240 e. The summed E-state index contributed by atoms with van der Waals surface area (Å²) in [7, 11) is -3.44. The molecule has 0 unspecified atom stereocenters. The minimum absolute atomic E-state index is 0.319. The molecule has 0 heterocycles. The molecule has 0 fully saturated rings. The zero-order chi connectivity index (χ0) is 16.8. The Labute approximate surface area is 144 Å². The number of nitrogens with one attached hydrogen (secondary N) is 1. The van der Waals surface area contributed by atoms with Crippen molar-refractivity contribution in [3.8, 4) is 11.1 Å². The average molecular weight is 341 g/mol. The van der Waals surface area contributed by atoms with Crippen molar-refractivity contribution in [2.75, 3.05) is 6.54 Å². The summed E-state index contributed by atoms with van der Waals surface area (Å²) < 4.78 is 27.5. The van der Waals surface area contributed by atoms with E-state index in [0.717, 1.165) is 30.4 Å². The van der Waals surface area contributed by atoms with Crippen molar-refractivity contribution in [2.45, 2.75) is 37.0 Å². The molecule has 1 aliphatic carbocycles. The van der Waals surface area contributed by atoms with E-state index in [-0.39, 0.29) is 0 Å². The molecule has 0 aromatic heterocycles. The van der Waals surface area contributed by atoms with Crippen LogP contribution in [-0.4, -0.2) is 15.0 Å². The van der Waals surface area contributed by atoms with Gasteiger partial charge in [-0.25, -0.2) is 13.1 Å². The molecule has 0 saturated carbocycles. The third kappa shape index (κ3) is 4.34. The summed E-state index contributed by atoms with van der Waals surface area (Å²) in [4.78, 5) is 0.319. The number of hydrogen-bond acceptors (Lipinski definition) is 2. The maximum Gasteiger partial charge on any atom is 0.240 e. The van der Waals surface area contributed by atoms with E-state index >= 15 is 0 Å². The Morgan fingerprint density at radius 3 is 2.25 bits per heavy atom. The van der Waals surface area contributed by atoms with Crippen molar-refractivity contribution in [1.82, 2.24) is 4.72 Å². The lowest BCUT2D eigenvalue weighted by atomic mass is 9.97. The fourth-order valence-corrected chi connectivity index (χ4v) is 4.05. The molecule has 0 atom stereocenters. The maximum absolute atomic E-state index is 12.4. The van der Waals surface area contributed by atoms with Crippen LogP contribution in [0.4, 0.5) is 0 Å². The van der Waals surface area contributed by atoms with Gasteiger partial charge in [0.15, 0.2) is 0 Å². The highest BCUT2D eigenvalue weighted by Gasteiger charge is 2.14. The molecular weight excluding hydrogens is 318 g/mol. The van der Waals surface area contributed by atoms with Crippen LogP contribution in [0.3, 0.4) is 0 Å². The van der Waals surface area contributed by atoms with Gasteiger partial charge in [-0.05, 0) is 55.4 Å². The Morgan fingerprint density at radius 2 is 1.58 bits per heavy atom. The van der Waals surface area contributed by atoms with E-state index in [2.05, 4.69) is 10.8 Å². The topological polar surface area (TPSA) is 46.2 Å². The van der Waals surface area contributed by atoms with E-state index in [4.69, 9.17) is 0 Å². The van der Waals surface area contributed by atoms with Crippen LogP contribution in [0.15, 0.2) is 71.1 Å². The zero-order valence-electron chi connectivity index (χ0n) is 13.7. The van der Waals surface area contributed by atoms with Gasteiger partial charge in [-0.15, -0.1) is 0 Å². The second-order valence-electron chi connectivity index (χ2n) is 6.15. The van der Waals surface area contributed by atoms with E-state index in [1.807, 2.05) is 42.5 Å². The molecule has 0 bridgehead atoms. The van der Waals surface area contributed by atoms with Gasteiger partial charge in [0.05, 0.1) is 4.90 Å². The number of benzene rings is 2. The standard InChI is InChI=1S/C20H23NO2S/c22-24(23,21-16-15-17-7-3-1-4-8-17)20-13-11-19(12-14-20)18-9-5-2-6-10-18/h2,5-7,9-14,21H,1,3-4,8,15-16H2. The molecule has 4 heteroatoms. The number of hydrogen-bond donors (Lipinski definition) is 1. The van der Waals surface area contributed by atoms with Gasteiger partial charge < -0.3 is 0 Å². The fraction of sp³-hybridized carbons (Fsp3) is 0.300. The van der Waals surface area contributed by atoms with Crippen LogP contribution in [0.5, 0.6) is 0 Å². The van der Waals surface area contributed by atoms with Crippen molar-refractivity contribution in [3.05, 3.63) is 66.2 Å². The van der Waals surface area contributed by atoms with Gasteiger partial charge in [0, 0.05) is 6.54 Å². The summed E-state index contributed by atoms with van der Waals surface area (Å²) in [6.07, 6.45) is 7.77. The molecule has 0 aliphatic heterocycles. The summed E-state index contributed by atoms with van der Waals surface area (Å²) in [6.45, 7) is 0.467. The van der Waals surface area contributed by atoms with Crippen molar-refractivity contribution in [2.24, 2.45) is 0 Å². The monoisotopic (exact) mass is 341 g/mol. The van der Waals surface area contributed by atoms with Gasteiger partial charge in [-0.2, -0.15) is 0 Å². The Bertz CT molecular complexity index is 793. The number of allylic oxidation sites excluding steroid dienone is 1. The summed E-state index contributed by atoms with van der Waals surface area (Å²) in [5, 5.41) is 0. The lowest BCUT2D eigenvalue weighted by Crippen LogP contribution is -2.25. The number of rotatable bonds is 6. The summed E-state index contributed by atoms with van der Waals surface area (Å²) in [5.41, 5.74) is 3.48. The second kappa shape index (κ2) is 7.77. The van der Waals surface area contributed by atoms with Crippen LogP contribution < -0.4 is 4.72 Å². The van der Waals surface area contributed by atoms with Crippen LogP contribution in [0.1, 0.15) is 32.1 Å². The van der Waals surface area contributed by atoms with Gasteiger partial charge >= 0.3 is 0 Å². The summed E-state index contributed by atoms with van der Waals surface area (Å²) >= 11 is 0. The van der Waals surface area contributed by atoms with Crippen molar-refractivity contribution in [1.29, 1.82) is 0 Å². The normalized spacial score (nSPS) is 15.1. The first-order chi connectivity index (χ1) is 11.6. The highest BCUT2D eigenvalue weighted by Crippen LogP contribution is 2.22. The third-order valence-electron chi connectivity index (χ3n) is 4.39. The molecule has 24 heavy (non-hydrogen) atoms. The predicted molar refractivity (Wildman–Crippen MR) is 98.2 cm³/mol. The minimum atomic E-state index is -3.44. The van der Waals surface area contributed by atoms with E-state index < -0.39 is 10.0 Å². The lowest BCUT2D eigenvalue weighted by Gasteiger charge is -2.13. The Morgan fingerprint density at radius 1 is 0.875 bits per heavy atom. The smallest absolute Gasteiger partial charge is 0.211 e.